The quantitative estimate of drug-likeness (QED) is 0.345. The van der Waals surface area contributed by atoms with Crippen molar-refractivity contribution in [2.45, 2.75) is 37.6 Å². The fourth-order valence-corrected chi connectivity index (χ4v) is 6.54. The first-order valence-corrected chi connectivity index (χ1v) is 14.6. The number of aromatic nitrogens is 2. The second kappa shape index (κ2) is 12.0. The molecule has 6 rings (SSSR count). The zero-order chi connectivity index (χ0) is 29.2. The highest BCUT2D eigenvalue weighted by atomic mass is 16.5. The highest BCUT2D eigenvalue weighted by Gasteiger charge is 2.35. The molecule has 218 valence electrons. The predicted molar refractivity (Wildman–Crippen MR) is 163 cm³/mol. The minimum atomic E-state index is -0.355. The van der Waals surface area contributed by atoms with Crippen LogP contribution in [0, 0.1) is 6.57 Å². The number of anilines is 2. The number of likely N-dealkylation sites (N-methyl/N-ethyl adjacent to an activating group) is 1. The number of amides is 1. The number of hydrogen-bond acceptors (Lipinski definition) is 8. The molecule has 0 bridgehead atoms. The van der Waals surface area contributed by atoms with Gasteiger partial charge in [-0.25, -0.2) is 6.57 Å². The Bertz CT molecular complexity index is 1520. The van der Waals surface area contributed by atoms with Crippen LogP contribution in [-0.2, 0) is 17.8 Å². The van der Waals surface area contributed by atoms with Crippen LogP contribution in [0.1, 0.15) is 17.7 Å². The van der Waals surface area contributed by atoms with Gasteiger partial charge in [0.05, 0.1) is 18.3 Å². The zero-order valence-corrected chi connectivity index (χ0v) is 24.0. The number of carbonyl (C=O) groups is 1. The summed E-state index contributed by atoms with van der Waals surface area (Å²) >= 11 is 0. The minimum absolute atomic E-state index is 0.0896. The van der Waals surface area contributed by atoms with Crippen LogP contribution in [-0.4, -0.2) is 102 Å². The van der Waals surface area contributed by atoms with Crippen LogP contribution in [0.4, 0.5) is 11.5 Å². The third-order valence-electron chi connectivity index (χ3n) is 8.74. The molecule has 1 aromatic heterocycles. The lowest BCUT2D eigenvalue weighted by atomic mass is 10.0. The lowest BCUT2D eigenvalue weighted by molar-refractivity contribution is -0.128. The smallest absolute Gasteiger partial charge is 0.318 e. The molecule has 0 aliphatic carbocycles. The second-order valence-corrected chi connectivity index (χ2v) is 11.4. The number of fused-ring (bicyclic) bond motifs is 2. The second-order valence-electron chi connectivity index (χ2n) is 11.4. The van der Waals surface area contributed by atoms with Crippen molar-refractivity contribution in [3.8, 4) is 6.01 Å². The Labute approximate surface area is 246 Å². The Morgan fingerprint density at radius 1 is 1.12 bits per heavy atom. The lowest BCUT2D eigenvalue weighted by Gasteiger charge is -2.41. The van der Waals surface area contributed by atoms with Crippen molar-refractivity contribution < 1.29 is 14.6 Å². The van der Waals surface area contributed by atoms with Gasteiger partial charge in [-0.2, -0.15) is 9.97 Å². The molecule has 10 heteroatoms. The number of aliphatic hydroxyl groups excluding tert-OH is 1. The van der Waals surface area contributed by atoms with Gasteiger partial charge in [0.2, 0.25) is 12.5 Å². The third kappa shape index (κ3) is 5.50. The molecule has 10 nitrogen and oxygen atoms in total. The first-order chi connectivity index (χ1) is 20.4. The molecule has 1 amide bonds. The largest absolute Gasteiger partial charge is 0.462 e. The van der Waals surface area contributed by atoms with E-state index in [9.17, 15) is 9.90 Å². The number of likely N-dealkylation sites (tertiary alicyclic amines) is 1. The predicted octanol–water partition coefficient (Wildman–Crippen LogP) is 2.76. The molecule has 3 atom stereocenters. The van der Waals surface area contributed by atoms with E-state index in [0.29, 0.717) is 51.8 Å². The fourth-order valence-electron chi connectivity index (χ4n) is 6.54. The summed E-state index contributed by atoms with van der Waals surface area (Å²) < 4.78 is 6.22. The topological polar surface area (TPSA) is 89.6 Å². The van der Waals surface area contributed by atoms with Crippen LogP contribution in [0.5, 0.6) is 6.01 Å². The van der Waals surface area contributed by atoms with Crippen molar-refractivity contribution in [2.24, 2.45) is 0 Å². The van der Waals surface area contributed by atoms with E-state index in [1.807, 2.05) is 7.05 Å². The number of piperazine rings is 1. The molecule has 2 aromatic carbocycles. The number of rotatable bonds is 7. The van der Waals surface area contributed by atoms with Gasteiger partial charge in [0.25, 0.3) is 0 Å². The van der Waals surface area contributed by atoms with E-state index >= 15 is 0 Å². The van der Waals surface area contributed by atoms with Gasteiger partial charge in [-0.3, -0.25) is 9.69 Å². The standard InChI is InChI=1S/C32H37N7O3/c1-4-30(41)39-15-14-38(18-24(39)17-33-2)31-27-12-13-37(29-11-7-9-22-8-5-6-10-26(22)29)20-28(27)34-32(35-31)42-21-23-16-25(40)19-36(23)3/h4-11,23-25,40H,1,12-21H2,3H3/t23-,24?,25-/m0/s1. The Kier molecular flexibility index (Phi) is 7.96. The van der Waals surface area contributed by atoms with Gasteiger partial charge in [0.1, 0.15) is 18.5 Å². The average molecular weight is 568 g/mol. The normalized spacial score (nSPS) is 22.6. The first-order valence-electron chi connectivity index (χ1n) is 14.6. The molecule has 0 spiro atoms. The molecule has 0 radical (unpaired) electrons. The summed E-state index contributed by atoms with van der Waals surface area (Å²) in [7, 11) is 1.99. The first kappa shape index (κ1) is 27.9. The van der Waals surface area contributed by atoms with Crippen molar-refractivity contribution in [3.05, 3.63) is 77.8 Å². The monoisotopic (exact) mass is 567 g/mol. The SMILES string of the molecule is [C-]#[N+]CC1CN(c2nc(OC[C@@H]3C[C@H](O)CN3C)nc3c2CCN(c2cccc4ccccc24)C3)CCN1C(=O)C=C. The maximum atomic E-state index is 12.5. The van der Waals surface area contributed by atoms with Gasteiger partial charge in [0, 0.05) is 55.4 Å². The molecular weight excluding hydrogens is 530 g/mol. The van der Waals surface area contributed by atoms with Crippen LogP contribution < -0.4 is 14.5 Å². The van der Waals surface area contributed by atoms with Crippen LogP contribution >= 0.6 is 0 Å². The van der Waals surface area contributed by atoms with Gasteiger partial charge in [-0.1, -0.05) is 43.0 Å². The van der Waals surface area contributed by atoms with E-state index in [4.69, 9.17) is 21.3 Å². The van der Waals surface area contributed by atoms with E-state index in [2.05, 4.69) is 68.6 Å². The summed E-state index contributed by atoms with van der Waals surface area (Å²) in [5.41, 5.74) is 3.20. The van der Waals surface area contributed by atoms with E-state index in [0.717, 1.165) is 30.0 Å². The van der Waals surface area contributed by atoms with Crippen LogP contribution in [0.15, 0.2) is 55.1 Å². The van der Waals surface area contributed by atoms with E-state index in [1.165, 1.54) is 22.5 Å². The number of nitrogens with zero attached hydrogens (tertiary/aromatic N) is 7. The Morgan fingerprint density at radius 3 is 2.74 bits per heavy atom. The van der Waals surface area contributed by atoms with Gasteiger partial charge < -0.3 is 29.4 Å². The maximum absolute atomic E-state index is 12.5. The summed E-state index contributed by atoms with van der Waals surface area (Å²) in [6, 6.07) is 15.0. The Balaban J connectivity index is 1.32. The van der Waals surface area contributed by atoms with E-state index < -0.39 is 0 Å². The molecule has 1 unspecified atom stereocenters. The summed E-state index contributed by atoms with van der Waals surface area (Å²) in [5, 5.41) is 12.5. The molecule has 3 aromatic rings. The number of benzene rings is 2. The van der Waals surface area contributed by atoms with Gasteiger partial charge in [0.15, 0.2) is 0 Å². The molecule has 1 N–H and O–H groups in total. The maximum Gasteiger partial charge on any atom is 0.318 e. The molecule has 3 aliphatic rings. The van der Waals surface area contributed by atoms with Crippen molar-refractivity contribution in [3.63, 3.8) is 0 Å². The van der Waals surface area contributed by atoms with E-state index in [1.54, 1.807) is 4.90 Å². The summed E-state index contributed by atoms with van der Waals surface area (Å²) in [4.78, 5) is 34.4. The molecule has 42 heavy (non-hydrogen) atoms. The molecule has 2 fully saturated rings. The van der Waals surface area contributed by atoms with Crippen molar-refractivity contribution in [1.29, 1.82) is 0 Å². The number of β-amino-alcohol motifs (C(OH)–C–C–N with tert-alkyl or cyclic N) is 1. The van der Waals surface area contributed by atoms with Crippen LogP contribution in [0.25, 0.3) is 15.6 Å². The number of carbonyl (C=O) groups excluding carboxylic acids is 1. The molecule has 0 saturated carbocycles. The average Bonchev–Trinajstić information content (AvgIpc) is 3.34. The van der Waals surface area contributed by atoms with Crippen molar-refractivity contribution >= 4 is 28.2 Å². The van der Waals surface area contributed by atoms with Crippen LogP contribution in [0.2, 0.25) is 0 Å². The number of hydrogen-bond donors (Lipinski definition) is 1. The summed E-state index contributed by atoms with van der Waals surface area (Å²) in [6.45, 7) is 15.4. The third-order valence-corrected chi connectivity index (χ3v) is 8.74. The molecular formula is C32H37N7O3. The Morgan fingerprint density at radius 2 is 1.95 bits per heavy atom. The highest BCUT2D eigenvalue weighted by Crippen LogP contribution is 2.35. The molecule has 4 heterocycles. The minimum Gasteiger partial charge on any atom is -0.462 e. The van der Waals surface area contributed by atoms with E-state index in [-0.39, 0.29) is 30.6 Å². The number of aliphatic hydroxyl groups is 1. The molecule has 2 saturated heterocycles. The zero-order valence-electron chi connectivity index (χ0n) is 24.0. The number of ether oxygens (including phenoxy) is 1. The van der Waals surface area contributed by atoms with Gasteiger partial charge >= 0.3 is 6.01 Å². The Hall–Kier alpha value is -4.20. The summed E-state index contributed by atoms with van der Waals surface area (Å²) in [5.74, 6) is 0.679. The van der Waals surface area contributed by atoms with Gasteiger partial charge in [-0.15, -0.1) is 0 Å². The van der Waals surface area contributed by atoms with Gasteiger partial charge in [-0.05, 0) is 37.4 Å². The summed E-state index contributed by atoms with van der Waals surface area (Å²) in [6.07, 6.45) is 2.39. The highest BCUT2D eigenvalue weighted by molar-refractivity contribution is 5.94. The van der Waals surface area contributed by atoms with Crippen molar-refractivity contribution in [1.82, 2.24) is 19.8 Å². The van der Waals surface area contributed by atoms with Crippen molar-refractivity contribution in [2.75, 3.05) is 62.7 Å². The fraction of sp³-hybridized carbons (Fsp3) is 0.438. The van der Waals surface area contributed by atoms with Crippen LogP contribution in [0.3, 0.4) is 0 Å². The molecule has 3 aliphatic heterocycles. The lowest BCUT2D eigenvalue weighted by Crippen LogP contribution is -2.56.